The summed E-state index contributed by atoms with van der Waals surface area (Å²) >= 11 is 18.4. The Balaban J connectivity index is 2.51. The lowest BCUT2D eigenvalue weighted by Crippen LogP contribution is -2.33. The predicted molar refractivity (Wildman–Crippen MR) is 87.3 cm³/mol. The SMILES string of the molecule is CC1=C(C)C(C)(Oc2c(Cl)cc(Cl)cc2Cl)C(C)=C1C. The number of rotatable bonds is 2. The molecule has 0 aromatic heterocycles. The normalized spacial score (nSPS) is 18.0. The Morgan fingerprint density at radius 3 is 1.65 bits per heavy atom. The van der Waals surface area contributed by atoms with Gasteiger partial charge in [0, 0.05) is 5.02 Å². The second kappa shape index (κ2) is 5.29. The first-order valence-electron chi connectivity index (χ1n) is 6.38. The van der Waals surface area contributed by atoms with Crippen molar-refractivity contribution >= 4 is 34.8 Å². The fourth-order valence-electron chi connectivity index (χ4n) is 2.54. The van der Waals surface area contributed by atoms with E-state index in [1.807, 2.05) is 6.92 Å². The van der Waals surface area contributed by atoms with Gasteiger partial charge in [-0.25, -0.2) is 0 Å². The third kappa shape index (κ3) is 2.36. The Labute approximate surface area is 135 Å². The largest absolute Gasteiger partial charge is 0.476 e. The number of ether oxygens (including phenoxy) is 1. The zero-order valence-electron chi connectivity index (χ0n) is 12.2. The van der Waals surface area contributed by atoms with Crippen molar-refractivity contribution in [3.63, 3.8) is 0 Å². The number of allylic oxidation sites excluding steroid dienone is 2. The van der Waals surface area contributed by atoms with E-state index >= 15 is 0 Å². The molecule has 108 valence electrons. The van der Waals surface area contributed by atoms with Gasteiger partial charge in [0.25, 0.3) is 0 Å². The highest BCUT2D eigenvalue weighted by atomic mass is 35.5. The van der Waals surface area contributed by atoms with Gasteiger partial charge < -0.3 is 4.74 Å². The first-order valence-corrected chi connectivity index (χ1v) is 7.51. The van der Waals surface area contributed by atoms with Crippen molar-refractivity contribution in [2.75, 3.05) is 0 Å². The van der Waals surface area contributed by atoms with Gasteiger partial charge in [-0.15, -0.1) is 0 Å². The molecular weight excluding hydrogens is 315 g/mol. The van der Waals surface area contributed by atoms with E-state index in [4.69, 9.17) is 39.5 Å². The monoisotopic (exact) mass is 330 g/mol. The van der Waals surface area contributed by atoms with Gasteiger partial charge in [0.2, 0.25) is 0 Å². The number of benzene rings is 1. The van der Waals surface area contributed by atoms with Crippen molar-refractivity contribution in [2.45, 2.75) is 40.2 Å². The van der Waals surface area contributed by atoms with Gasteiger partial charge in [0.15, 0.2) is 5.75 Å². The van der Waals surface area contributed by atoms with E-state index in [-0.39, 0.29) is 0 Å². The van der Waals surface area contributed by atoms with Gasteiger partial charge >= 0.3 is 0 Å². The summed E-state index contributed by atoms with van der Waals surface area (Å²) in [5.41, 5.74) is 4.34. The molecular formula is C16H17Cl3O. The first kappa shape index (κ1) is 15.8. The van der Waals surface area contributed by atoms with Crippen LogP contribution < -0.4 is 4.74 Å². The van der Waals surface area contributed by atoms with Crippen LogP contribution >= 0.6 is 34.8 Å². The van der Waals surface area contributed by atoms with Gasteiger partial charge in [-0.2, -0.15) is 0 Å². The summed E-state index contributed by atoms with van der Waals surface area (Å²) in [4.78, 5) is 0. The average molecular weight is 332 g/mol. The Bertz CT molecular complexity index is 594. The molecule has 0 aliphatic heterocycles. The van der Waals surface area contributed by atoms with E-state index in [0.717, 1.165) is 0 Å². The molecule has 20 heavy (non-hydrogen) atoms. The maximum atomic E-state index is 6.22. The van der Waals surface area contributed by atoms with Crippen molar-refractivity contribution < 1.29 is 4.74 Å². The highest BCUT2D eigenvalue weighted by Crippen LogP contribution is 2.46. The summed E-state index contributed by atoms with van der Waals surface area (Å²) in [6.45, 7) is 10.4. The minimum atomic E-state index is -0.519. The maximum absolute atomic E-state index is 6.22. The van der Waals surface area contributed by atoms with E-state index in [0.29, 0.717) is 20.8 Å². The van der Waals surface area contributed by atoms with Crippen molar-refractivity contribution in [1.29, 1.82) is 0 Å². The third-order valence-corrected chi connectivity index (χ3v) is 5.17. The molecule has 0 bridgehead atoms. The van der Waals surface area contributed by atoms with E-state index in [2.05, 4.69) is 27.7 Å². The van der Waals surface area contributed by atoms with Crippen molar-refractivity contribution in [3.8, 4) is 5.75 Å². The smallest absolute Gasteiger partial charge is 0.158 e. The number of hydrogen-bond donors (Lipinski definition) is 0. The van der Waals surface area contributed by atoms with Gasteiger partial charge in [-0.05, 0) is 69.0 Å². The molecule has 0 fully saturated rings. The van der Waals surface area contributed by atoms with Crippen LogP contribution in [0.4, 0.5) is 0 Å². The van der Waals surface area contributed by atoms with Crippen LogP contribution in [0.3, 0.4) is 0 Å². The molecule has 4 heteroatoms. The Hall–Kier alpha value is -0.630. The standard InChI is InChI=1S/C16H17Cl3O/c1-8-9(2)11(4)16(5,10(8)3)20-15-13(18)6-12(17)7-14(15)19/h6-7H,1-5H3. The maximum Gasteiger partial charge on any atom is 0.158 e. The van der Waals surface area contributed by atoms with Crippen LogP contribution in [-0.2, 0) is 0 Å². The molecule has 0 amide bonds. The molecule has 2 rings (SSSR count). The lowest BCUT2D eigenvalue weighted by atomic mass is 9.93. The van der Waals surface area contributed by atoms with E-state index in [1.165, 1.54) is 22.3 Å². The molecule has 0 unspecified atom stereocenters. The molecule has 1 aromatic carbocycles. The minimum absolute atomic E-state index is 0.423. The molecule has 1 aliphatic carbocycles. The molecule has 0 heterocycles. The molecule has 0 atom stereocenters. The van der Waals surface area contributed by atoms with Crippen molar-refractivity contribution in [1.82, 2.24) is 0 Å². The molecule has 0 N–H and O–H groups in total. The molecule has 1 nitrogen and oxygen atoms in total. The lowest BCUT2D eigenvalue weighted by molar-refractivity contribution is 0.169. The lowest BCUT2D eigenvalue weighted by Gasteiger charge is -2.31. The molecule has 0 saturated carbocycles. The fraction of sp³-hybridized carbons (Fsp3) is 0.375. The van der Waals surface area contributed by atoms with Crippen molar-refractivity contribution in [2.24, 2.45) is 0 Å². The summed E-state index contributed by atoms with van der Waals surface area (Å²) < 4.78 is 6.21. The zero-order valence-corrected chi connectivity index (χ0v) is 14.5. The van der Waals surface area contributed by atoms with Gasteiger partial charge in [-0.3, -0.25) is 0 Å². The Morgan fingerprint density at radius 2 is 1.25 bits per heavy atom. The van der Waals surface area contributed by atoms with Crippen LogP contribution in [0.1, 0.15) is 34.6 Å². The first-order chi connectivity index (χ1) is 9.18. The quantitative estimate of drug-likeness (QED) is 0.603. The van der Waals surface area contributed by atoms with Crippen LogP contribution in [0.25, 0.3) is 0 Å². The topological polar surface area (TPSA) is 9.23 Å². The van der Waals surface area contributed by atoms with Gasteiger partial charge in [0.1, 0.15) is 5.60 Å². The Kier molecular flexibility index (Phi) is 4.17. The van der Waals surface area contributed by atoms with E-state index in [9.17, 15) is 0 Å². The summed E-state index contributed by atoms with van der Waals surface area (Å²) in [6, 6.07) is 3.28. The van der Waals surface area contributed by atoms with Crippen LogP contribution in [-0.4, -0.2) is 5.60 Å². The van der Waals surface area contributed by atoms with E-state index in [1.54, 1.807) is 12.1 Å². The van der Waals surface area contributed by atoms with Crippen LogP contribution in [0.5, 0.6) is 5.75 Å². The van der Waals surface area contributed by atoms with Crippen LogP contribution in [0.15, 0.2) is 34.4 Å². The van der Waals surface area contributed by atoms with Crippen LogP contribution in [0.2, 0.25) is 15.1 Å². The predicted octanol–water partition coefficient (Wildman–Crippen LogP) is 6.47. The second-order valence-corrected chi connectivity index (χ2v) is 6.58. The molecule has 1 aromatic rings. The molecule has 0 saturated heterocycles. The fourth-order valence-corrected chi connectivity index (χ4v) is 3.44. The van der Waals surface area contributed by atoms with Gasteiger partial charge in [-0.1, -0.05) is 34.8 Å². The highest BCUT2D eigenvalue weighted by Gasteiger charge is 2.39. The zero-order chi connectivity index (χ0) is 15.2. The number of hydrogen-bond acceptors (Lipinski definition) is 1. The van der Waals surface area contributed by atoms with Crippen molar-refractivity contribution in [3.05, 3.63) is 49.5 Å². The third-order valence-electron chi connectivity index (χ3n) is 4.39. The summed E-state index contributed by atoms with van der Waals surface area (Å²) in [7, 11) is 0. The number of halogens is 3. The summed E-state index contributed by atoms with van der Waals surface area (Å²) in [5, 5.41) is 1.34. The summed E-state index contributed by atoms with van der Waals surface area (Å²) in [5.74, 6) is 0.474. The Morgan fingerprint density at radius 1 is 0.850 bits per heavy atom. The van der Waals surface area contributed by atoms with Crippen LogP contribution in [0, 0.1) is 0 Å². The minimum Gasteiger partial charge on any atom is -0.476 e. The van der Waals surface area contributed by atoms with Gasteiger partial charge in [0.05, 0.1) is 10.0 Å². The van der Waals surface area contributed by atoms with E-state index < -0.39 is 5.60 Å². The molecule has 0 radical (unpaired) electrons. The molecule has 0 spiro atoms. The average Bonchev–Trinajstić information content (AvgIpc) is 2.51. The second-order valence-electron chi connectivity index (χ2n) is 5.33. The summed E-state index contributed by atoms with van der Waals surface area (Å²) in [6.07, 6.45) is 0. The molecule has 1 aliphatic rings. The highest BCUT2D eigenvalue weighted by molar-refractivity contribution is 6.40.